The molecule has 0 unspecified atom stereocenters. The first-order valence-electron chi connectivity index (χ1n) is 5.85. The molecular weight excluding hydrogens is 248 g/mol. The quantitative estimate of drug-likeness (QED) is 0.791. The Morgan fingerprint density at radius 1 is 1.44 bits per heavy atom. The summed E-state index contributed by atoms with van der Waals surface area (Å²) < 4.78 is 27.0. The van der Waals surface area contributed by atoms with Crippen LogP contribution in [0.2, 0.25) is 0 Å². The Hall–Kier alpha value is -1.35. The van der Waals surface area contributed by atoms with E-state index in [-0.39, 0.29) is 17.5 Å². The second-order valence-electron chi connectivity index (χ2n) is 4.40. The van der Waals surface area contributed by atoms with Crippen molar-refractivity contribution < 1.29 is 8.42 Å². The number of nitrogens with two attached hydrogens (primary N) is 1. The zero-order valence-corrected chi connectivity index (χ0v) is 11.0. The maximum Gasteiger partial charge on any atom is 0.242 e. The molecule has 1 aliphatic rings. The molecule has 5 heteroatoms. The predicted molar refractivity (Wildman–Crippen MR) is 70.5 cm³/mol. The van der Waals surface area contributed by atoms with Crippen molar-refractivity contribution in [2.24, 2.45) is 5.73 Å². The first-order chi connectivity index (χ1) is 8.53. The molecule has 96 valence electrons. The number of hydrogen-bond acceptors (Lipinski definition) is 3. The molecule has 0 heterocycles. The summed E-state index contributed by atoms with van der Waals surface area (Å²) in [6, 6.07) is 5.23. The van der Waals surface area contributed by atoms with Gasteiger partial charge in [0.15, 0.2) is 0 Å². The van der Waals surface area contributed by atoms with Gasteiger partial charge in [-0.05, 0) is 37.5 Å². The molecule has 0 bridgehead atoms. The van der Waals surface area contributed by atoms with Gasteiger partial charge in [0.2, 0.25) is 10.0 Å². The summed E-state index contributed by atoms with van der Waals surface area (Å²) >= 11 is 0. The molecule has 1 aromatic rings. The molecule has 0 spiro atoms. The zero-order chi connectivity index (χ0) is 13.2. The van der Waals surface area contributed by atoms with Gasteiger partial charge in [0.05, 0.1) is 11.4 Å². The lowest BCUT2D eigenvalue weighted by molar-refractivity contribution is 0.581. The van der Waals surface area contributed by atoms with Crippen molar-refractivity contribution >= 4 is 10.0 Å². The molecule has 0 aliphatic heterocycles. The fraction of sp³-hybridized carbons (Fsp3) is 0.385. The highest BCUT2D eigenvalue weighted by atomic mass is 32.2. The van der Waals surface area contributed by atoms with Gasteiger partial charge >= 0.3 is 0 Å². The normalized spacial score (nSPS) is 15.0. The summed E-state index contributed by atoms with van der Waals surface area (Å²) in [6.45, 7) is 2.11. The second-order valence-corrected chi connectivity index (χ2v) is 6.08. The van der Waals surface area contributed by atoms with Gasteiger partial charge in [-0.15, -0.1) is 0 Å². The lowest BCUT2D eigenvalue weighted by Crippen LogP contribution is -2.26. The fourth-order valence-electron chi connectivity index (χ4n) is 1.61. The van der Waals surface area contributed by atoms with Crippen LogP contribution in [-0.4, -0.2) is 21.0 Å². The van der Waals surface area contributed by atoms with E-state index in [2.05, 4.69) is 16.6 Å². The number of aryl methyl sites for hydroxylation is 1. The highest BCUT2D eigenvalue weighted by molar-refractivity contribution is 7.89. The van der Waals surface area contributed by atoms with Gasteiger partial charge in [0, 0.05) is 11.6 Å². The average molecular weight is 264 g/mol. The Bertz CT molecular complexity index is 608. The SMILES string of the molecule is Cc1ccc(S(=O)(=O)NC2CC2)c(C#CCN)c1. The van der Waals surface area contributed by atoms with E-state index in [0.717, 1.165) is 18.4 Å². The van der Waals surface area contributed by atoms with Crippen molar-refractivity contribution in [2.75, 3.05) is 6.54 Å². The third-order valence-electron chi connectivity index (χ3n) is 2.65. The van der Waals surface area contributed by atoms with Crippen molar-refractivity contribution in [1.82, 2.24) is 4.72 Å². The van der Waals surface area contributed by atoms with Crippen molar-refractivity contribution in [3.05, 3.63) is 29.3 Å². The maximum absolute atomic E-state index is 12.2. The summed E-state index contributed by atoms with van der Waals surface area (Å²) in [6.07, 6.45) is 1.82. The Morgan fingerprint density at radius 2 is 2.17 bits per heavy atom. The van der Waals surface area contributed by atoms with Crippen LogP contribution in [0.5, 0.6) is 0 Å². The summed E-state index contributed by atoms with van der Waals surface area (Å²) in [5, 5.41) is 0. The first-order valence-corrected chi connectivity index (χ1v) is 7.33. The topological polar surface area (TPSA) is 72.2 Å². The van der Waals surface area contributed by atoms with E-state index >= 15 is 0 Å². The van der Waals surface area contributed by atoms with Crippen molar-refractivity contribution in [3.8, 4) is 11.8 Å². The molecule has 0 aromatic heterocycles. The summed E-state index contributed by atoms with van der Waals surface area (Å²) in [5.74, 6) is 5.52. The van der Waals surface area contributed by atoms with Gasteiger partial charge in [0.1, 0.15) is 0 Å². The van der Waals surface area contributed by atoms with Crippen molar-refractivity contribution in [1.29, 1.82) is 0 Å². The van der Waals surface area contributed by atoms with Gasteiger partial charge in [-0.25, -0.2) is 13.1 Å². The van der Waals surface area contributed by atoms with E-state index in [9.17, 15) is 8.42 Å². The largest absolute Gasteiger partial charge is 0.320 e. The lowest BCUT2D eigenvalue weighted by atomic mass is 10.1. The van der Waals surface area contributed by atoms with Crippen LogP contribution in [0, 0.1) is 18.8 Å². The van der Waals surface area contributed by atoms with E-state index in [1.54, 1.807) is 18.2 Å². The molecule has 1 aliphatic carbocycles. The third kappa shape index (κ3) is 3.10. The molecular formula is C13H16N2O2S. The summed E-state index contributed by atoms with van der Waals surface area (Å²) in [5.41, 5.74) is 6.81. The van der Waals surface area contributed by atoms with Gasteiger partial charge in [-0.2, -0.15) is 0 Å². The molecule has 0 amide bonds. The number of hydrogen-bond donors (Lipinski definition) is 2. The average Bonchev–Trinajstić information content (AvgIpc) is 3.09. The Balaban J connectivity index is 2.42. The monoisotopic (exact) mass is 264 g/mol. The third-order valence-corrected chi connectivity index (χ3v) is 4.23. The van der Waals surface area contributed by atoms with E-state index < -0.39 is 10.0 Å². The molecule has 3 N–H and O–H groups in total. The minimum absolute atomic E-state index is 0.0895. The van der Waals surface area contributed by atoms with Crippen LogP contribution in [0.1, 0.15) is 24.0 Å². The fourth-order valence-corrected chi connectivity index (χ4v) is 3.05. The maximum atomic E-state index is 12.2. The molecule has 0 atom stereocenters. The number of benzene rings is 1. The van der Waals surface area contributed by atoms with E-state index in [4.69, 9.17) is 5.73 Å². The standard InChI is InChI=1S/C13H16N2O2S/c1-10-4-7-13(11(9-10)3-2-8-14)18(16,17)15-12-5-6-12/h4,7,9,12,15H,5-6,8,14H2,1H3. The number of sulfonamides is 1. The summed E-state index contributed by atoms with van der Waals surface area (Å²) in [4.78, 5) is 0.237. The predicted octanol–water partition coefficient (Wildman–Crippen LogP) is 0.746. The number of nitrogens with one attached hydrogen (secondary N) is 1. The van der Waals surface area contributed by atoms with Crippen molar-refractivity contribution in [3.63, 3.8) is 0 Å². The Labute approximate surface area is 108 Å². The molecule has 1 fully saturated rings. The van der Waals surface area contributed by atoms with Crippen molar-refractivity contribution in [2.45, 2.75) is 30.7 Å². The second kappa shape index (κ2) is 5.11. The molecule has 0 radical (unpaired) electrons. The summed E-state index contributed by atoms with van der Waals surface area (Å²) in [7, 11) is -3.47. The van der Waals surface area contributed by atoms with E-state index in [1.807, 2.05) is 6.92 Å². The molecule has 0 saturated heterocycles. The van der Waals surface area contributed by atoms with Gasteiger partial charge in [0.25, 0.3) is 0 Å². The van der Waals surface area contributed by atoms with Gasteiger partial charge in [-0.3, -0.25) is 0 Å². The van der Waals surface area contributed by atoms with Gasteiger partial charge < -0.3 is 5.73 Å². The molecule has 4 nitrogen and oxygen atoms in total. The lowest BCUT2D eigenvalue weighted by Gasteiger charge is -2.08. The highest BCUT2D eigenvalue weighted by Crippen LogP contribution is 2.23. The molecule has 1 aromatic carbocycles. The van der Waals surface area contributed by atoms with E-state index in [1.165, 1.54) is 0 Å². The van der Waals surface area contributed by atoms with Crippen LogP contribution in [0.4, 0.5) is 0 Å². The Morgan fingerprint density at radius 3 is 2.78 bits per heavy atom. The molecule has 18 heavy (non-hydrogen) atoms. The van der Waals surface area contributed by atoms with Crippen LogP contribution >= 0.6 is 0 Å². The Kier molecular flexibility index (Phi) is 3.71. The van der Waals surface area contributed by atoms with Crippen LogP contribution in [-0.2, 0) is 10.0 Å². The minimum Gasteiger partial charge on any atom is -0.320 e. The van der Waals surface area contributed by atoms with Crippen LogP contribution < -0.4 is 10.5 Å². The van der Waals surface area contributed by atoms with Gasteiger partial charge in [-0.1, -0.05) is 17.9 Å². The van der Waals surface area contributed by atoms with Crippen LogP contribution in [0.15, 0.2) is 23.1 Å². The zero-order valence-electron chi connectivity index (χ0n) is 10.2. The van der Waals surface area contributed by atoms with Crippen LogP contribution in [0.3, 0.4) is 0 Å². The van der Waals surface area contributed by atoms with Crippen LogP contribution in [0.25, 0.3) is 0 Å². The minimum atomic E-state index is -3.47. The first kappa shape index (κ1) is 13.1. The molecule has 2 rings (SSSR count). The smallest absolute Gasteiger partial charge is 0.242 e. The highest BCUT2D eigenvalue weighted by Gasteiger charge is 2.29. The number of rotatable bonds is 3. The molecule has 1 saturated carbocycles. The van der Waals surface area contributed by atoms with E-state index in [0.29, 0.717) is 5.56 Å².